The minimum Gasteiger partial charge on any atom is -0.345 e. The van der Waals surface area contributed by atoms with Crippen LogP contribution in [0.15, 0.2) is 71.3 Å². The maximum Gasteiger partial charge on any atom is 0.286 e. The van der Waals surface area contributed by atoms with E-state index >= 15 is 0 Å². The summed E-state index contributed by atoms with van der Waals surface area (Å²) in [6, 6.07) is 19.5. The monoisotopic (exact) mass is 465 g/mol. The Balaban J connectivity index is 1.45. The highest BCUT2D eigenvalue weighted by molar-refractivity contribution is 9.10. The van der Waals surface area contributed by atoms with Crippen LogP contribution >= 0.6 is 15.9 Å². The van der Waals surface area contributed by atoms with E-state index in [9.17, 15) is 9.59 Å². The number of hydrazine groups is 1. The Hall–Kier alpha value is -3.39. The lowest BCUT2D eigenvalue weighted by Crippen LogP contribution is -2.42. The highest BCUT2D eigenvalue weighted by Crippen LogP contribution is 2.22. The first-order valence-corrected chi connectivity index (χ1v) is 10.2. The Morgan fingerprint density at radius 3 is 2.50 bits per heavy atom. The van der Waals surface area contributed by atoms with E-state index in [4.69, 9.17) is 4.98 Å². The van der Waals surface area contributed by atoms with E-state index in [0.717, 1.165) is 27.0 Å². The molecule has 4 aromatic rings. The van der Waals surface area contributed by atoms with Gasteiger partial charge in [0.2, 0.25) is 5.91 Å². The molecule has 0 aliphatic rings. The third-order valence-corrected chi connectivity index (χ3v) is 5.17. The number of para-hydroxylation sites is 3. The van der Waals surface area contributed by atoms with Gasteiger partial charge in [0, 0.05) is 36.2 Å². The molecule has 2 aromatic heterocycles. The van der Waals surface area contributed by atoms with Crippen LogP contribution in [0.1, 0.15) is 22.7 Å². The van der Waals surface area contributed by atoms with Crippen molar-refractivity contribution >= 4 is 38.8 Å². The number of aromatic nitrogens is 3. The molecule has 0 fully saturated rings. The van der Waals surface area contributed by atoms with Gasteiger partial charge in [-0.15, -0.1) is 0 Å². The first-order chi connectivity index (χ1) is 14.5. The fourth-order valence-electron chi connectivity index (χ4n) is 3.34. The largest absolute Gasteiger partial charge is 0.345 e. The van der Waals surface area contributed by atoms with E-state index in [-0.39, 0.29) is 18.2 Å². The Labute approximate surface area is 181 Å². The lowest BCUT2D eigenvalue weighted by Gasteiger charge is -2.10. The summed E-state index contributed by atoms with van der Waals surface area (Å²) in [6.45, 7) is 0. The van der Waals surface area contributed by atoms with Gasteiger partial charge in [-0.2, -0.15) is 0 Å². The van der Waals surface area contributed by atoms with Gasteiger partial charge in [0.15, 0.2) is 0 Å². The van der Waals surface area contributed by atoms with E-state index in [1.807, 2.05) is 54.6 Å². The summed E-state index contributed by atoms with van der Waals surface area (Å²) in [6.07, 6.45) is 2.39. The Kier molecular flexibility index (Phi) is 5.67. The van der Waals surface area contributed by atoms with Crippen molar-refractivity contribution < 1.29 is 9.59 Å². The number of hydrogen-bond donors (Lipinski definition) is 2. The van der Waals surface area contributed by atoms with Gasteiger partial charge in [0.25, 0.3) is 5.91 Å². The van der Waals surface area contributed by atoms with Crippen molar-refractivity contribution in [1.82, 2.24) is 25.0 Å². The molecule has 0 saturated carbocycles. The summed E-state index contributed by atoms with van der Waals surface area (Å²) in [5.74, 6) is 0.117. The molecule has 8 heteroatoms. The number of benzene rings is 2. The summed E-state index contributed by atoms with van der Waals surface area (Å²) in [7, 11) is 1.76. The molecule has 0 spiro atoms. The molecule has 0 saturated heterocycles. The number of nitrogens with zero attached hydrogens (tertiary/aromatic N) is 3. The molecule has 0 unspecified atom stereocenters. The van der Waals surface area contributed by atoms with Crippen molar-refractivity contribution in [3.63, 3.8) is 0 Å². The van der Waals surface area contributed by atoms with Crippen LogP contribution in [0.2, 0.25) is 0 Å². The molecule has 4 rings (SSSR count). The average molecular weight is 466 g/mol. The van der Waals surface area contributed by atoms with Gasteiger partial charge in [-0.1, -0.05) is 30.3 Å². The number of halogens is 1. The van der Waals surface area contributed by atoms with Crippen LogP contribution in [0.3, 0.4) is 0 Å². The summed E-state index contributed by atoms with van der Waals surface area (Å²) in [5, 5.41) is 0. The second kappa shape index (κ2) is 8.54. The molecular formula is C22H20BrN5O2. The van der Waals surface area contributed by atoms with Gasteiger partial charge in [-0.25, -0.2) is 4.98 Å². The summed E-state index contributed by atoms with van der Waals surface area (Å²) in [5.41, 5.74) is 8.22. The van der Waals surface area contributed by atoms with E-state index in [2.05, 4.69) is 31.3 Å². The summed E-state index contributed by atoms with van der Waals surface area (Å²) >= 11 is 3.33. The molecule has 0 aliphatic heterocycles. The van der Waals surface area contributed by atoms with Crippen molar-refractivity contribution in [2.45, 2.75) is 12.8 Å². The Morgan fingerprint density at radius 1 is 1.03 bits per heavy atom. The lowest BCUT2D eigenvalue weighted by atomic mass is 10.2. The Bertz CT molecular complexity index is 1210. The topological polar surface area (TPSA) is 81.0 Å². The molecule has 2 amide bonds. The first-order valence-electron chi connectivity index (χ1n) is 9.46. The standard InChI is InChI=1S/C22H20BrN5O2/c1-27-14-15(23)13-19(27)22(30)26-25-21(29)12-11-20-24-17-9-5-6-10-18(17)28(20)16-7-3-2-4-8-16/h2-10,13-14H,11-12H2,1H3,(H,25,29)(H,26,30). The molecule has 0 atom stereocenters. The molecule has 152 valence electrons. The molecule has 0 bridgehead atoms. The maximum absolute atomic E-state index is 12.3. The molecule has 7 nitrogen and oxygen atoms in total. The van der Waals surface area contributed by atoms with Crippen LogP contribution in [0.5, 0.6) is 0 Å². The zero-order chi connectivity index (χ0) is 21.1. The zero-order valence-corrected chi connectivity index (χ0v) is 17.9. The van der Waals surface area contributed by atoms with E-state index in [1.165, 1.54) is 0 Å². The number of aryl methyl sites for hydroxylation is 2. The smallest absolute Gasteiger partial charge is 0.286 e. The highest BCUT2D eigenvalue weighted by atomic mass is 79.9. The van der Waals surface area contributed by atoms with E-state index in [1.54, 1.807) is 23.9 Å². The summed E-state index contributed by atoms with van der Waals surface area (Å²) < 4.78 is 4.53. The third kappa shape index (κ3) is 4.13. The number of rotatable bonds is 5. The minimum absolute atomic E-state index is 0.188. The van der Waals surface area contributed by atoms with Crippen molar-refractivity contribution in [2.75, 3.05) is 0 Å². The molecule has 2 aromatic carbocycles. The van der Waals surface area contributed by atoms with Crippen LogP contribution < -0.4 is 10.9 Å². The predicted octanol–water partition coefficient (Wildman–Crippen LogP) is 3.52. The van der Waals surface area contributed by atoms with E-state index in [0.29, 0.717) is 12.1 Å². The maximum atomic E-state index is 12.3. The SMILES string of the molecule is Cn1cc(Br)cc1C(=O)NNC(=O)CCc1nc2ccccc2n1-c1ccccc1. The van der Waals surface area contributed by atoms with Gasteiger partial charge < -0.3 is 4.57 Å². The van der Waals surface area contributed by atoms with Crippen LogP contribution in [0, 0.1) is 0 Å². The van der Waals surface area contributed by atoms with Gasteiger partial charge in [-0.3, -0.25) is 25.0 Å². The van der Waals surface area contributed by atoms with Crippen molar-refractivity contribution in [3.8, 4) is 5.69 Å². The van der Waals surface area contributed by atoms with Gasteiger partial charge in [0.1, 0.15) is 11.5 Å². The molecule has 2 heterocycles. The number of amides is 2. The molecule has 2 N–H and O–H groups in total. The van der Waals surface area contributed by atoms with E-state index < -0.39 is 0 Å². The number of nitrogens with one attached hydrogen (secondary N) is 2. The Morgan fingerprint density at radius 2 is 1.77 bits per heavy atom. The van der Waals surface area contributed by atoms with Gasteiger partial charge >= 0.3 is 0 Å². The number of carbonyl (C=O) groups is 2. The molecule has 0 aliphatic carbocycles. The summed E-state index contributed by atoms with van der Waals surface area (Å²) in [4.78, 5) is 29.3. The van der Waals surface area contributed by atoms with Crippen molar-refractivity contribution in [1.29, 1.82) is 0 Å². The number of imidazole rings is 1. The van der Waals surface area contributed by atoms with Gasteiger partial charge in [-0.05, 0) is 46.3 Å². The molecule has 30 heavy (non-hydrogen) atoms. The average Bonchev–Trinajstić information content (AvgIpc) is 3.30. The molecular weight excluding hydrogens is 446 g/mol. The zero-order valence-electron chi connectivity index (χ0n) is 16.3. The second-order valence-electron chi connectivity index (χ2n) is 6.84. The number of hydrogen-bond acceptors (Lipinski definition) is 3. The minimum atomic E-state index is -0.381. The lowest BCUT2D eigenvalue weighted by molar-refractivity contribution is -0.121. The van der Waals surface area contributed by atoms with Gasteiger partial charge in [0.05, 0.1) is 11.0 Å². The number of carbonyl (C=O) groups excluding carboxylic acids is 2. The fourth-order valence-corrected chi connectivity index (χ4v) is 3.86. The van der Waals surface area contributed by atoms with Crippen LogP contribution in [0.25, 0.3) is 16.7 Å². The quantitative estimate of drug-likeness (QED) is 0.442. The van der Waals surface area contributed by atoms with Crippen molar-refractivity contribution in [3.05, 3.63) is 82.9 Å². The number of fused-ring (bicyclic) bond motifs is 1. The van der Waals surface area contributed by atoms with Crippen LogP contribution in [-0.4, -0.2) is 25.9 Å². The highest BCUT2D eigenvalue weighted by Gasteiger charge is 2.15. The predicted molar refractivity (Wildman–Crippen MR) is 118 cm³/mol. The van der Waals surface area contributed by atoms with Crippen LogP contribution in [0.4, 0.5) is 0 Å². The second-order valence-corrected chi connectivity index (χ2v) is 7.76. The van der Waals surface area contributed by atoms with Crippen molar-refractivity contribution in [2.24, 2.45) is 7.05 Å². The normalized spacial score (nSPS) is 10.9. The van der Waals surface area contributed by atoms with Crippen LogP contribution in [-0.2, 0) is 18.3 Å². The molecule has 0 radical (unpaired) electrons. The fraction of sp³-hybridized carbons (Fsp3) is 0.136. The first kappa shape index (κ1) is 19.9. The third-order valence-electron chi connectivity index (χ3n) is 4.74.